The summed E-state index contributed by atoms with van der Waals surface area (Å²) in [6, 6.07) is 0.0584. The molecule has 146 valence electrons. The molecule has 0 aliphatic carbocycles. The average Bonchev–Trinajstić information content (AvgIpc) is 2.96. The lowest BCUT2D eigenvalue weighted by Crippen LogP contribution is -2.46. The summed E-state index contributed by atoms with van der Waals surface area (Å²) in [6.45, 7) is 11.6. The Bertz CT molecular complexity index is 551. The third-order valence-corrected chi connectivity index (χ3v) is 6.22. The summed E-state index contributed by atoms with van der Waals surface area (Å²) < 4.78 is 31.5. The normalized spacial score (nSPS) is 23.8. The van der Waals surface area contributed by atoms with Gasteiger partial charge in [-0.25, -0.2) is 17.9 Å². The Kier molecular flexibility index (Phi) is 6.73. The highest BCUT2D eigenvalue weighted by Gasteiger charge is 2.31. The van der Waals surface area contributed by atoms with Crippen LogP contribution in [0.1, 0.15) is 47.0 Å². The Morgan fingerprint density at radius 2 is 1.80 bits per heavy atom. The van der Waals surface area contributed by atoms with E-state index in [1.807, 2.05) is 20.8 Å². The van der Waals surface area contributed by atoms with Crippen molar-refractivity contribution in [2.24, 2.45) is 5.92 Å². The van der Waals surface area contributed by atoms with Crippen molar-refractivity contribution in [1.82, 2.24) is 14.5 Å². The van der Waals surface area contributed by atoms with Gasteiger partial charge in [-0.2, -0.15) is 0 Å². The number of sulfonamides is 1. The molecule has 2 heterocycles. The predicted molar refractivity (Wildman–Crippen MR) is 98.0 cm³/mol. The molecule has 2 aliphatic rings. The van der Waals surface area contributed by atoms with Crippen molar-refractivity contribution >= 4 is 16.1 Å². The lowest BCUT2D eigenvalue weighted by Gasteiger charge is -2.33. The lowest BCUT2D eigenvalue weighted by molar-refractivity contribution is 0.0284. The van der Waals surface area contributed by atoms with Gasteiger partial charge in [0.1, 0.15) is 5.60 Å². The van der Waals surface area contributed by atoms with E-state index in [4.69, 9.17) is 4.74 Å². The highest BCUT2D eigenvalue weighted by atomic mass is 32.2. The molecule has 8 heteroatoms. The number of ether oxygens (including phenoxy) is 1. The lowest BCUT2D eigenvalue weighted by atomic mass is 10.0. The second-order valence-electron chi connectivity index (χ2n) is 8.18. The van der Waals surface area contributed by atoms with Gasteiger partial charge in [0.15, 0.2) is 0 Å². The Balaban J connectivity index is 1.72. The fraction of sp³-hybridized carbons (Fsp3) is 0.941. The van der Waals surface area contributed by atoms with Crippen LogP contribution in [0.25, 0.3) is 0 Å². The third kappa shape index (κ3) is 6.75. The summed E-state index contributed by atoms with van der Waals surface area (Å²) in [5.74, 6) is 0.604. The molecule has 2 rings (SSSR count). The number of likely N-dealkylation sites (tertiary alicyclic amines) is 2. The number of amides is 1. The number of carbonyl (C=O) groups is 1. The topological polar surface area (TPSA) is 79.0 Å². The first kappa shape index (κ1) is 20.5. The van der Waals surface area contributed by atoms with Crippen LogP contribution < -0.4 is 4.72 Å². The van der Waals surface area contributed by atoms with Crippen LogP contribution in [0.4, 0.5) is 4.79 Å². The molecule has 0 spiro atoms. The maximum absolute atomic E-state index is 12.1. The Morgan fingerprint density at radius 3 is 2.36 bits per heavy atom. The van der Waals surface area contributed by atoms with Crippen molar-refractivity contribution in [2.75, 3.05) is 38.5 Å². The highest BCUT2D eigenvalue weighted by Crippen LogP contribution is 2.22. The van der Waals surface area contributed by atoms with Crippen molar-refractivity contribution in [2.45, 2.75) is 58.6 Å². The van der Waals surface area contributed by atoms with E-state index in [2.05, 4.69) is 9.62 Å². The van der Waals surface area contributed by atoms with Crippen LogP contribution in [0.15, 0.2) is 0 Å². The molecule has 2 saturated heterocycles. The van der Waals surface area contributed by atoms with Crippen LogP contribution in [0, 0.1) is 5.92 Å². The summed E-state index contributed by atoms with van der Waals surface area (Å²) in [5.41, 5.74) is -0.455. The SMILES string of the molecule is CCS(=O)(=O)NC1CCN(C[C@@H]2CCN(C(=O)OC(C)(C)C)C2)CC1. The molecule has 2 aliphatic heterocycles. The van der Waals surface area contributed by atoms with Gasteiger partial charge in [0.25, 0.3) is 0 Å². The van der Waals surface area contributed by atoms with Gasteiger partial charge in [-0.1, -0.05) is 0 Å². The third-order valence-electron chi connectivity index (χ3n) is 4.77. The van der Waals surface area contributed by atoms with Gasteiger partial charge >= 0.3 is 6.09 Å². The largest absolute Gasteiger partial charge is 0.444 e. The van der Waals surface area contributed by atoms with E-state index in [0.717, 1.165) is 52.0 Å². The van der Waals surface area contributed by atoms with Gasteiger partial charge in [0.2, 0.25) is 10.0 Å². The minimum Gasteiger partial charge on any atom is -0.444 e. The number of carbonyl (C=O) groups excluding carboxylic acids is 1. The molecule has 1 atom stereocenters. The summed E-state index contributed by atoms with van der Waals surface area (Å²) in [7, 11) is -3.12. The zero-order chi connectivity index (χ0) is 18.7. The van der Waals surface area contributed by atoms with Gasteiger partial charge < -0.3 is 14.5 Å². The minimum absolute atomic E-state index is 0.0584. The van der Waals surface area contributed by atoms with E-state index >= 15 is 0 Å². The van der Waals surface area contributed by atoms with Gasteiger partial charge in [0.05, 0.1) is 5.75 Å². The summed E-state index contributed by atoms with van der Waals surface area (Å²) >= 11 is 0. The van der Waals surface area contributed by atoms with Gasteiger partial charge in [-0.15, -0.1) is 0 Å². The van der Waals surface area contributed by atoms with Crippen LogP contribution in [-0.4, -0.2) is 74.4 Å². The van der Waals surface area contributed by atoms with Crippen molar-refractivity contribution in [3.05, 3.63) is 0 Å². The molecule has 0 bridgehead atoms. The highest BCUT2D eigenvalue weighted by molar-refractivity contribution is 7.89. The number of piperidine rings is 1. The molecule has 0 aromatic rings. The molecule has 7 nitrogen and oxygen atoms in total. The number of hydrogen-bond acceptors (Lipinski definition) is 5. The first-order valence-corrected chi connectivity index (χ1v) is 10.9. The molecule has 0 aromatic heterocycles. The molecule has 0 radical (unpaired) electrons. The van der Waals surface area contributed by atoms with Crippen LogP contribution >= 0.6 is 0 Å². The van der Waals surface area contributed by atoms with Crippen LogP contribution in [0.3, 0.4) is 0 Å². The predicted octanol–water partition coefficient (Wildman–Crippen LogP) is 1.65. The summed E-state index contributed by atoms with van der Waals surface area (Å²) in [6.07, 6.45) is 2.48. The minimum atomic E-state index is -3.12. The van der Waals surface area contributed by atoms with E-state index in [-0.39, 0.29) is 17.9 Å². The van der Waals surface area contributed by atoms with Crippen LogP contribution in [0.5, 0.6) is 0 Å². The standard InChI is InChI=1S/C17H33N3O4S/c1-5-25(22,23)18-15-7-9-19(10-8-15)12-14-6-11-20(13-14)16(21)24-17(2,3)4/h14-15,18H,5-13H2,1-4H3/t14-/m0/s1. The summed E-state index contributed by atoms with van der Waals surface area (Å²) in [4.78, 5) is 16.3. The molecule has 0 saturated carbocycles. The number of nitrogens with zero attached hydrogens (tertiary/aromatic N) is 2. The van der Waals surface area contributed by atoms with E-state index in [9.17, 15) is 13.2 Å². The number of nitrogens with one attached hydrogen (secondary N) is 1. The fourth-order valence-electron chi connectivity index (χ4n) is 3.41. The first-order valence-electron chi connectivity index (χ1n) is 9.28. The first-order chi connectivity index (χ1) is 11.6. The second kappa shape index (κ2) is 8.22. The molecule has 1 amide bonds. The zero-order valence-corrected chi connectivity index (χ0v) is 16.8. The quantitative estimate of drug-likeness (QED) is 0.790. The maximum Gasteiger partial charge on any atom is 0.410 e. The van der Waals surface area contributed by atoms with Crippen molar-refractivity contribution in [1.29, 1.82) is 0 Å². The van der Waals surface area contributed by atoms with E-state index in [1.54, 1.807) is 11.8 Å². The maximum atomic E-state index is 12.1. The molecule has 0 aromatic carbocycles. The van der Waals surface area contributed by atoms with Crippen molar-refractivity contribution < 1.29 is 17.9 Å². The molecule has 1 N–H and O–H groups in total. The molecule has 0 unspecified atom stereocenters. The second-order valence-corrected chi connectivity index (χ2v) is 10.2. The van der Waals surface area contributed by atoms with E-state index in [0.29, 0.717) is 5.92 Å². The van der Waals surface area contributed by atoms with Crippen LogP contribution in [0.2, 0.25) is 0 Å². The molecule has 25 heavy (non-hydrogen) atoms. The van der Waals surface area contributed by atoms with Crippen LogP contribution in [-0.2, 0) is 14.8 Å². The monoisotopic (exact) mass is 375 g/mol. The van der Waals surface area contributed by atoms with Gasteiger partial charge in [-0.05, 0) is 66.0 Å². The van der Waals surface area contributed by atoms with Gasteiger partial charge in [-0.3, -0.25) is 0 Å². The van der Waals surface area contributed by atoms with Crippen molar-refractivity contribution in [3.63, 3.8) is 0 Å². The van der Waals surface area contributed by atoms with Gasteiger partial charge in [0, 0.05) is 25.7 Å². The Hall–Kier alpha value is -0.860. The Morgan fingerprint density at radius 1 is 1.16 bits per heavy atom. The fourth-order valence-corrected chi connectivity index (χ4v) is 4.32. The van der Waals surface area contributed by atoms with E-state index in [1.165, 1.54) is 0 Å². The molecular weight excluding hydrogens is 342 g/mol. The number of rotatable bonds is 5. The smallest absolute Gasteiger partial charge is 0.410 e. The van der Waals surface area contributed by atoms with E-state index < -0.39 is 15.6 Å². The average molecular weight is 376 g/mol. The van der Waals surface area contributed by atoms with Crippen molar-refractivity contribution in [3.8, 4) is 0 Å². The Labute approximate surface area is 152 Å². The summed E-state index contributed by atoms with van der Waals surface area (Å²) in [5, 5.41) is 0. The zero-order valence-electron chi connectivity index (χ0n) is 16.0. The molecule has 2 fully saturated rings. The molecular formula is C17H33N3O4S. The number of hydrogen-bond donors (Lipinski definition) is 1.